The molecule has 0 aliphatic carbocycles. The number of hydrogen-bond acceptors (Lipinski definition) is 12. The third kappa shape index (κ3) is 23.5. The van der Waals surface area contributed by atoms with Crippen molar-refractivity contribution in [1.82, 2.24) is 21.3 Å². The van der Waals surface area contributed by atoms with Gasteiger partial charge in [0, 0.05) is 26.8 Å². The summed E-state index contributed by atoms with van der Waals surface area (Å²) < 4.78 is 29.7. The zero-order chi connectivity index (χ0) is 51.1. The van der Waals surface area contributed by atoms with Crippen LogP contribution in [0.2, 0.25) is 0 Å². The minimum absolute atomic E-state index is 0.00388. The van der Waals surface area contributed by atoms with Crippen LogP contribution in [0.4, 0.5) is 0 Å². The van der Waals surface area contributed by atoms with Gasteiger partial charge in [-0.25, -0.2) is 0 Å². The molecule has 1 saturated heterocycles. The number of benzene rings is 2. The van der Waals surface area contributed by atoms with Crippen molar-refractivity contribution >= 4 is 41.5 Å². The van der Waals surface area contributed by atoms with Crippen LogP contribution in [0, 0.1) is 0 Å². The molecule has 0 saturated carbocycles. The minimum atomic E-state index is -1.48. The molecule has 3 rings (SSSR count). The molecule has 8 unspecified atom stereocenters. The van der Waals surface area contributed by atoms with Gasteiger partial charge in [0.1, 0.15) is 36.9 Å². The predicted octanol–water partition coefficient (Wildman–Crippen LogP) is 6.51. The maximum atomic E-state index is 14.0. The molecule has 70 heavy (non-hydrogen) atoms. The Morgan fingerprint density at radius 2 is 1.20 bits per heavy atom. The Kier molecular flexibility index (Phi) is 28.6. The Morgan fingerprint density at radius 1 is 0.671 bits per heavy atom. The molecule has 390 valence electrons. The van der Waals surface area contributed by atoms with Gasteiger partial charge in [-0.1, -0.05) is 164 Å². The van der Waals surface area contributed by atoms with Crippen LogP contribution in [0.15, 0.2) is 60.7 Å². The number of amides is 5. The molecule has 5 amide bonds. The van der Waals surface area contributed by atoms with Gasteiger partial charge in [0.15, 0.2) is 18.5 Å². The molecular formula is C53H81N5O12. The summed E-state index contributed by atoms with van der Waals surface area (Å²) in [5.74, 6) is -4.99. The normalized spacial score (nSPS) is 18.9. The number of esters is 2. The van der Waals surface area contributed by atoms with Crippen molar-refractivity contribution < 1.29 is 57.2 Å². The summed E-state index contributed by atoms with van der Waals surface area (Å²) in [6.45, 7) is 7.77. The second-order valence-electron chi connectivity index (χ2n) is 18.2. The molecule has 1 aliphatic heterocycles. The topological polar surface area (TPSA) is 240 Å². The Balaban J connectivity index is 1.62. The Hall–Kier alpha value is -5.39. The van der Waals surface area contributed by atoms with E-state index in [9.17, 15) is 33.6 Å². The van der Waals surface area contributed by atoms with Gasteiger partial charge in [0.25, 0.3) is 5.91 Å². The van der Waals surface area contributed by atoms with E-state index >= 15 is 0 Å². The fraction of sp³-hybridized carbons (Fsp3) is 0.642. The van der Waals surface area contributed by atoms with Crippen molar-refractivity contribution in [2.75, 3.05) is 6.54 Å². The molecule has 17 heteroatoms. The summed E-state index contributed by atoms with van der Waals surface area (Å²) in [5, 5.41) is 10.7. The number of carbonyl (C=O) groups is 7. The average Bonchev–Trinajstić information content (AvgIpc) is 3.33. The van der Waals surface area contributed by atoms with E-state index in [1.165, 1.54) is 97.8 Å². The molecule has 0 bridgehead atoms. The largest absolute Gasteiger partial charge is 0.461 e. The van der Waals surface area contributed by atoms with Crippen LogP contribution in [0.25, 0.3) is 0 Å². The lowest BCUT2D eigenvalue weighted by Crippen LogP contribution is -2.68. The van der Waals surface area contributed by atoms with Gasteiger partial charge in [-0.3, -0.25) is 33.6 Å². The van der Waals surface area contributed by atoms with Crippen LogP contribution in [-0.2, 0) is 70.5 Å². The molecule has 6 N–H and O–H groups in total. The lowest BCUT2D eigenvalue weighted by Gasteiger charge is -2.45. The van der Waals surface area contributed by atoms with E-state index in [4.69, 9.17) is 29.4 Å². The molecule has 0 aromatic heterocycles. The van der Waals surface area contributed by atoms with Gasteiger partial charge in [-0.15, -0.1) is 0 Å². The molecule has 2 aromatic carbocycles. The Morgan fingerprint density at radius 3 is 1.71 bits per heavy atom. The van der Waals surface area contributed by atoms with E-state index < -0.39 is 90.3 Å². The molecule has 2 aromatic rings. The van der Waals surface area contributed by atoms with E-state index in [-0.39, 0.29) is 26.1 Å². The summed E-state index contributed by atoms with van der Waals surface area (Å²) in [6.07, 6.45) is 12.0. The number of nitrogens with one attached hydrogen (secondary N) is 4. The first-order valence-corrected chi connectivity index (χ1v) is 25.5. The molecule has 1 fully saturated rings. The summed E-state index contributed by atoms with van der Waals surface area (Å²) in [7, 11) is 0. The first-order valence-electron chi connectivity index (χ1n) is 25.5. The van der Waals surface area contributed by atoms with Gasteiger partial charge in [-0.2, -0.15) is 0 Å². The average molecular weight is 980 g/mol. The number of hydrogen-bond donors (Lipinski definition) is 5. The minimum Gasteiger partial charge on any atom is -0.461 e. The fourth-order valence-corrected chi connectivity index (χ4v) is 8.15. The molecule has 0 radical (unpaired) electrons. The number of nitrogens with two attached hydrogens (primary N) is 1. The highest BCUT2D eigenvalue weighted by Crippen LogP contribution is 2.29. The standard InChI is InChI=1S/C53H81N5O12/c1-6-7-8-9-10-11-12-13-14-15-16-17-18-19-20-27-34-55-52(65)48-47(69-40(5)60)46(45(57-39(4)59)53(70-48)67-36-42-30-25-22-26-31-42)68-38(3)51(64)56-37(2)50(63)58-43(49(54)62)32-33-44(61)66-35-41-28-23-21-24-29-41/h21-26,28-31,37-38,43,45-48,53H,6-20,27,32-36H2,1-5H3,(H2,54,62)(H,55,65)(H,56,64)(H,57,59)(H,58,63). The third-order valence-electron chi connectivity index (χ3n) is 12.1. The first kappa shape index (κ1) is 58.9. The number of ether oxygens (including phenoxy) is 5. The molecular weight excluding hydrogens is 899 g/mol. The quantitative estimate of drug-likeness (QED) is 0.0367. The first-order chi connectivity index (χ1) is 33.7. The van der Waals surface area contributed by atoms with Crippen molar-refractivity contribution in [2.45, 2.75) is 212 Å². The Labute approximate surface area is 415 Å². The maximum absolute atomic E-state index is 14.0. The van der Waals surface area contributed by atoms with Gasteiger partial charge >= 0.3 is 11.9 Å². The van der Waals surface area contributed by atoms with Crippen molar-refractivity contribution in [3.63, 3.8) is 0 Å². The zero-order valence-corrected chi connectivity index (χ0v) is 42.2. The zero-order valence-electron chi connectivity index (χ0n) is 42.2. The molecule has 1 aliphatic rings. The highest BCUT2D eigenvalue weighted by molar-refractivity contribution is 5.92. The van der Waals surface area contributed by atoms with E-state index in [2.05, 4.69) is 28.2 Å². The van der Waals surface area contributed by atoms with Gasteiger partial charge in [0.2, 0.25) is 23.6 Å². The Bertz CT molecular complexity index is 1870. The van der Waals surface area contributed by atoms with Crippen LogP contribution in [0.1, 0.15) is 161 Å². The second kappa shape index (κ2) is 34.0. The molecule has 0 spiro atoms. The van der Waals surface area contributed by atoms with E-state index in [1.807, 2.05) is 36.4 Å². The monoisotopic (exact) mass is 980 g/mol. The van der Waals surface area contributed by atoms with Crippen molar-refractivity contribution in [3.05, 3.63) is 71.8 Å². The van der Waals surface area contributed by atoms with Crippen molar-refractivity contribution in [3.8, 4) is 0 Å². The van der Waals surface area contributed by atoms with Gasteiger partial charge in [-0.05, 0) is 37.8 Å². The summed E-state index contributed by atoms with van der Waals surface area (Å²) in [6, 6.07) is 14.5. The van der Waals surface area contributed by atoms with Crippen LogP contribution in [0.5, 0.6) is 0 Å². The van der Waals surface area contributed by atoms with E-state index in [0.29, 0.717) is 13.0 Å². The highest BCUT2D eigenvalue weighted by atomic mass is 16.7. The van der Waals surface area contributed by atoms with Crippen LogP contribution >= 0.6 is 0 Å². The van der Waals surface area contributed by atoms with E-state index in [1.54, 1.807) is 24.3 Å². The maximum Gasteiger partial charge on any atom is 0.306 e. The number of carbonyl (C=O) groups excluding carboxylic acids is 7. The number of rotatable bonds is 35. The molecule has 1 heterocycles. The third-order valence-corrected chi connectivity index (χ3v) is 12.1. The van der Waals surface area contributed by atoms with Gasteiger partial charge < -0.3 is 50.7 Å². The number of unbranched alkanes of at least 4 members (excludes halogenated alkanes) is 15. The predicted molar refractivity (Wildman–Crippen MR) is 264 cm³/mol. The lowest BCUT2D eigenvalue weighted by atomic mass is 9.94. The van der Waals surface area contributed by atoms with Crippen LogP contribution < -0.4 is 27.0 Å². The molecule has 17 nitrogen and oxygen atoms in total. The smallest absolute Gasteiger partial charge is 0.306 e. The van der Waals surface area contributed by atoms with E-state index in [0.717, 1.165) is 37.3 Å². The lowest BCUT2D eigenvalue weighted by molar-refractivity contribution is -0.276. The highest BCUT2D eigenvalue weighted by Gasteiger charge is 2.53. The summed E-state index contributed by atoms with van der Waals surface area (Å²) in [4.78, 5) is 91.0. The second-order valence-corrected chi connectivity index (χ2v) is 18.2. The van der Waals surface area contributed by atoms with Crippen molar-refractivity contribution in [1.29, 1.82) is 0 Å². The van der Waals surface area contributed by atoms with Crippen molar-refractivity contribution in [2.24, 2.45) is 5.73 Å². The molecule has 8 atom stereocenters. The fourth-order valence-electron chi connectivity index (χ4n) is 8.15. The number of primary amides is 1. The summed E-state index contributed by atoms with van der Waals surface area (Å²) >= 11 is 0. The van der Waals surface area contributed by atoms with Gasteiger partial charge in [0.05, 0.1) is 6.61 Å². The van der Waals surface area contributed by atoms with Crippen LogP contribution in [0.3, 0.4) is 0 Å². The van der Waals surface area contributed by atoms with Crippen LogP contribution in [-0.4, -0.2) is 96.9 Å². The SMILES string of the molecule is CCCCCCCCCCCCCCCCCCNC(=O)C1OC(OCc2ccccc2)C(NC(C)=O)C(OC(C)C(=O)NC(C)C(=O)NC(CCC(=O)OCc2ccccc2)C(N)=O)C1OC(C)=O. The summed E-state index contributed by atoms with van der Waals surface area (Å²) in [5.41, 5.74) is 7.08.